The van der Waals surface area contributed by atoms with Gasteiger partial charge in [0.2, 0.25) is 0 Å². The fourth-order valence-corrected chi connectivity index (χ4v) is 0. The summed E-state index contributed by atoms with van der Waals surface area (Å²) in [5.74, 6) is 0. The highest BCUT2D eigenvalue weighted by atomic mass is 28.2. The molecule has 0 fully saturated rings. The second kappa shape index (κ2) is 19.1. The van der Waals surface area contributed by atoms with Gasteiger partial charge in [0.15, 0.2) is 0 Å². The molecule has 0 atom stereocenters. The summed E-state index contributed by atoms with van der Waals surface area (Å²) in [4.78, 5) is 2.89. The summed E-state index contributed by atoms with van der Waals surface area (Å²) in [5, 5.41) is 0. The molecule has 0 spiro atoms. The molecule has 0 aliphatic rings. The Kier molecular flexibility index (Phi) is 30.1. The van der Waals surface area contributed by atoms with Crippen molar-refractivity contribution in [2.45, 2.75) is 20.3 Å². The minimum absolute atomic E-state index is 1.12. The molecule has 0 unspecified atom stereocenters. The van der Waals surface area contributed by atoms with Crippen LogP contribution in [0.25, 0.3) is 0 Å². The summed E-state index contributed by atoms with van der Waals surface area (Å²) in [6.07, 6.45) is 1.25. The van der Waals surface area contributed by atoms with E-state index in [9.17, 15) is 0 Å². The third-order valence-corrected chi connectivity index (χ3v) is 0. The third-order valence-electron chi connectivity index (χ3n) is 0. The first-order valence-electron chi connectivity index (χ1n) is 2.41. The molecule has 1 nitrogen and oxygen atoms in total. The van der Waals surface area contributed by atoms with Crippen LogP contribution in [0.3, 0.4) is 0 Å². The molecule has 1 N–H and O–H groups in total. The summed E-state index contributed by atoms with van der Waals surface area (Å²) in [5.41, 5.74) is 0. The lowest BCUT2D eigenvalue weighted by Crippen LogP contribution is -1.93. The second-order valence-corrected chi connectivity index (χ2v) is 2.21. The van der Waals surface area contributed by atoms with Crippen LogP contribution >= 0.6 is 0 Å². The van der Waals surface area contributed by atoms with E-state index in [1.165, 1.54) is 6.42 Å². The Hall–Kier alpha value is 0.177. The van der Waals surface area contributed by atoms with E-state index in [0.29, 0.717) is 0 Å². The van der Waals surface area contributed by atoms with Crippen molar-refractivity contribution in [1.29, 1.82) is 0 Å². The van der Waals surface area contributed by atoms with Gasteiger partial charge in [-0.2, -0.15) is 0 Å². The number of nitrogens with one attached hydrogen (secondary N) is 1. The van der Waals surface area contributed by atoms with Gasteiger partial charge in [-0.05, 0) is 7.05 Å². The van der Waals surface area contributed by atoms with Crippen LogP contribution in [0, 0.1) is 0 Å². The van der Waals surface area contributed by atoms with Crippen LogP contribution < -0.4 is 4.98 Å². The fraction of sp³-hybridized carbons (Fsp3) is 1.00. The highest BCUT2D eigenvalue weighted by molar-refractivity contribution is 6.04. The molecule has 0 aliphatic heterocycles. The summed E-state index contributed by atoms with van der Waals surface area (Å²) in [6.45, 7) is 4.25. The average Bonchev–Trinajstić information content (AvgIpc) is 1.39. The third kappa shape index (κ3) is 1350. The van der Waals surface area contributed by atoms with Crippen LogP contribution in [-0.4, -0.2) is 17.5 Å². The Bertz CT molecular complexity index is 9.51. The highest BCUT2D eigenvalue weighted by Gasteiger charge is 1.35. The maximum Gasteiger partial charge on any atom is 0.0745 e. The molecule has 0 aromatic carbocycles. The van der Waals surface area contributed by atoms with E-state index in [-0.39, 0.29) is 0 Å². The van der Waals surface area contributed by atoms with Crippen molar-refractivity contribution < 1.29 is 0 Å². The van der Waals surface area contributed by atoms with Crippen LogP contribution in [-0.2, 0) is 0 Å². The standard InChI is InChI=1S/C3H8.CH7NSi/c1-3-2;1-2-3/h3H2,1-2H3;2H,1,3H3. The number of hydrogen-bond acceptors (Lipinski definition) is 1. The van der Waals surface area contributed by atoms with Crippen LogP contribution in [0.1, 0.15) is 20.3 Å². The van der Waals surface area contributed by atoms with Gasteiger partial charge in [-0.3, -0.25) is 0 Å². The van der Waals surface area contributed by atoms with Crippen LogP contribution in [0.15, 0.2) is 0 Å². The lowest BCUT2D eigenvalue weighted by atomic mass is 10.6. The Morgan fingerprint density at radius 2 is 1.50 bits per heavy atom. The zero-order valence-electron chi connectivity index (χ0n) is 5.21. The van der Waals surface area contributed by atoms with Gasteiger partial charge >= 0.3 is 0 Å². The van der Waals surface area contributed by atoms with Crippen LogP contribution in [0.4, 0.5) is 0 Å². The maximum absolute atomic E-state index is 2.89. The van der Waals surface area contributed by atoms with Crippen LogP contribution in [0.5, 0.6) is 0 Å². The van der Waals surface area contributed by atoms with Crippen molar-refractivity contribution in [2.75, 3.05) is 7.05 Å². The molecule has 0 radical (unpaired) electrons. The van der Waals surface area contributed by atoms with E-state index in [1.807, 2.05) is 7.05 Å². The van der Waals surface area contributed by atoms with E-state index in [2.05, 4.69) is 18.8 Å². The Balaban J connectivity index is 0. The summed E-state index contributed by atoms with van der Waals surface area (Å²) >= 11 is 0. The average molecular weight is 105 g/mol. The summed E-state index contributed by atoms with van der Waals surface area (Å²) in [7, 11) is 3.06. The molecular weight excluding hydrogens is 90.1 g/mol. The van der Waals surface area contributed by atoms with Gasteiger partial charge in [0.05, 0.1) is 10.4 Å². The minimum Gasteiger partial charge on any atom is -0.348 e. The van der Waals surface area contributed by atoms with Crippen molar-refractivity contribution in [3.63, 3.8) is 0 Å². The molecule has 0 saturated heterocycles. The number of rotatable bonds is 0. The molecule has 40 valence electrons. The van der Waals surface area contributed by atoms with E-state index < -0.39 is 0 Å². The first-order valence-corrected chi connectivity index (χ1v) is 3.41. The molecule has 0 rings (SSSR count). The Morgan fingerprint density at radius 3 is 1.50 bits per heavy atom. The van der Waals surface area contributed by atoms with E-state index >= 15 is 0 Å². The van der Waals surface area contributed by atoms with E-state index in [4.69, 9.17) is 0 Å². The second-order valence-electron chi connectivity index (χ2n) is 1.21. The Morgan fingerprint density at radius 1 is 1.50 bits per heavy atom. The first kappa shape index (κ1) is 9.49. The van der Waals surface area contributed by atoms with Crippen molar-refractivity contribution in [2.24, 2.45) is 0 Å². The normalized spacial score (nSPS) is 6.50. The lowest BCUT2D eigenvalue weighted by molar-refractivity contribution is 1.09. The molecule has 0 heterocycles. The smallest absolute Gasteiger partial charge is 0.0745 e. The van der Waals surface area contributed by atoms with Gasteiger partial charge in [-0.15, -0.1) is 0 Å². The van der Waals surface area contributed by atoms with Crippen molar-refractivity contribution >= 4 is 10.4 Å². The Labute approximate surface area is 43.6 Å². The molecule has 6 heavy (non-hydrogen) atoms. The maximum atomic E-state index is 2.89. The van der Waals surface area contributed by atoms with Crippen molar-refractivity contribution in [3.8, 4) is 0 Å². The molecule has 0 amide bonds. The number of hydrogen-bond donors (Lipinski definition) is 1. The van der Waals surface area contributed by atoms with Crippen LogP contribution in [0.2, 0.25) is 0 Å². The molecule has 0 aromatic rings. The fourth-order valence-electron chi connectivity index (χ4n) is 0. The zero-order chi connectivity index (χ0) is 5.41. The molecular formula is C4H15NSi. The predicted molar refractivity (Wildman–Crippen MR) is 35.0 cm³/mol. The molecule has 0 saturated carbocycles. The molecule has 0 aromatic heterocycles. The van der Waals surface area contributed by atoms with Gasteiger partial charge in [-0.1, -0.05) is 20.3 Å². The van der Waals surface area contributed by atoms with Crippen molar-refractivity contribution in [1.82, 2.24) is 4.98 Å². The predicted octanol–water partition coefficient (Wildman–Crippen LogP) is -0.0975. The molecule has 2 heteroatoms. The zero-order valence-corrected chi connectivity index (χ0v) is 7.21. The summed E-state index contributed by atoms with van der Waals surface area (Å²) in [6, 6.07) is 0. The minimum atomic E-state index is 1.12. The largest absolute Gasteiger partial charge is 0.348 e. The monoisotopic (exact) mass is 105 g/mol. The van der Waals surface area contributed by atoms with Gasteiger partial charge in [0, 0.05) is 0 Å². The summed E-state index contributed by atoms with van der Waals surface area (Å²) < 4.78 is 0. The quantitative estimate of drug-likeness (QED) is 0.424. The van der Waals surface area contributed by atoms with E-state index in [1.54, 1.807) is 0 Å². The molecule has 0 bridgehead atoms. The first-order chi connectivity index (χ1) is 2.83. The van der Waals surface area contributed by atoms with Gasteiger partial charge in [0.25, 0.3) is 0 Å². The van der Waals surface area contributed by atoms with Gasteiger partial charge in [0.1, 0.15) is 0 Å². The van der Waals surface area contributed by atoms with Gasteiger partial charge in [-0.25, -0.2) is 0 Å². The highest BCUT2D eigenvalue weighted by Crippen LogP contribution is 1.56. The lowest BCUT2D eigenvalue weighted by Gasteiger charge is -1.59. The van der Waals surface area contributed by atoms with Gasteiger partial charge < -0.3 is 4.98 Å². The van der Waals surface area contributed by atoms with Crippen molar-refractivity contribution in [3.05, 3.63) is 0 Å². The van der Waals surface area contributed by atoms with E-state index in [0.717, 1.165) is 10.4 Å². The SMILES string of the molecule is CCC.CN[SiH3]. The molecule has 0 aliphatic carbocycles. The topological polar surface area (TPSA) is 12.0 Å².